The molecular formula is C23H17NO2. The highest BCUT2D eigenvalue weighted by molar-refractivity contribution is 5.98. The van der Waals surface area contributed by atoms with Gasteiger partial charge in [0.1, 0.15) is 11.5 Å². The van der Waals surface area contributed by atoms with E-state index in [-0.39, 0.29) is 11.5 Å². The first-order valence-corrected chi connectivity index (χ1v) is 8.35. The average molecular weight is 339 g/mol. The maximum Gasteiger partial charge on any atom is 0.124 e. The highest BCUT2D eigenvalue weighted by atomic mass is 16.3. The summed E-state index contributed by atoms with van der Waals surface area (Å²) in [7, 11) is 0. The Hall–Kier alpha value is -3.59. The Morgan fingerprint density at radius 2 is 1.50 bits per heavy atom. The molecule has 0 aliphatic heterocycles. The minimum Gasteiger partial charge on any atom is -0.508 e. The molecule has 4 aromatic rings. The summed E-state index contributed by atoms with van der Waals surface area (Å²) in [6, 6.07) is 26.6. The summed E-state index contributed by atoms with van der Waals surface area (Å²) in [4.78, 5) is 4.38. The zero-order valence-corrected chi connectivity index (χ0v) is 14.0. The van der Waals surface area contributed by atoms with Crippen LogP contribution in [0.3, 0.4) is 0 Å². The molecule has 126 valence electrons. The number of hydrogen-bond donors (Lipinski definition) is 2. The fourth-order valence-electron chi connectivity index (χ4n) is 2.99. The number of nitrogens with zero attached hydrogens (tertiary/aromatic N) is 1. The lowest BCUT2D eigenvalue weighted by Gasteiger charge is -2.08. The van der Waals surface area contributed by atoms with E-state index in [9.17, 15) is 10.2 Å². The third-order valence-electron chi connectivity index (χ3n) is 4.33. The molecule has 0 unspecified atom stereocenters. The second-order valence-electron chi connectivity index (χ2n) is 6.07. The third-order valence-corrected chi connectivity index (χ3v) is 4.33. The Labute approximate surface area is 151 Å². The number of phenols is 2. The highest BCUT2D eigenvalue weighted by Gasteiger charge is 2.06. The second-order valence-corrected chi connectivity index (χ2v) is 6.07. The minimum atomic E-state index is 0.177. The van der Waals surface area contributed by atoms with Gasteiger partial charge in [0.05, 0.1) is 5.69 Å². The first kappa shape index (κ1) is 15.9. The zero-order chi connectivity index (χ0) is 17.9. The predicted molar refractivity (Wildman–Crippen MR) is 106 cm³/mol. The van der Waals surface area contributed by atoms with E-state index in [4.69, 9.17) is 0 Å². The molecule has 3 heteroatoms. The van der Waals surface area contributed by atoms with Crippen LogP contribution in [0.25, 0.3) is 21.9 Å². The molecule has 0 amide bonds. The van der Waals surface area contributed by atoms with E-state index < -0.39 is 0 Å². The van der Waals surface area contributed by atoms with Gasteiger partial charge < -0.3 is 10.2 Å². The normalized spacial score (nSPS) is 11.2. The minimum absolute atomic E-state index is 0.177. The first-order chi connectivity index (χ1) is 12.7. The monoisotopic (exact) mass is 339 g/mol. The van der Waals surface area contributed by atoms with Gasteiger partial charge in [-0.1, -0.05) is 48.5 Å². The molecule has 0 radical (unpaired) electrons. The smallest absolute Gasteiger partial charge is 0.124 e. The van der Waals surface area contributed by atoms with Gasteiger partial charge in [-0.2, -0.15) is 0 Å². The molecule has 0 spiro atoms. The van der Waals surface area contributed by atoms with E-state index in [2.05, 4.69) is 29.3 Å². The summed E-state index contributed by atoms with van der Waals surface area (Å²) < 4.78 is 0. The van der Waals surface area contributed by atoms with Crippen LogP contribution in [0.15, 0.2) is 89.9 Å². The molecule has 0 aromatic heterocycles. The van der Waals surface area contributed by atoms with Gasteiger partial charge >= 0.3 is 0 Å². The van der Waals surface area contributed by atoms with E-state index >= 15 is 0 Å². The van der Waals surface area contributed by atoms with Crippen LogP contribution in [0.2, 0.25) is 0 Å². The van der Waals surface area contributed by atoms with Crippen LogP contribution in [0.5, 0.6) is 11.5 Å². The summed E-state index contributed by atoms with van der Waals surface area (Å²) >= 11 is 0. The van der Waals surface area contributed by atoms with Crippen LogP contribution in [-0.4, -0.2) is 16.4 Å². The van der Waals surface area contributed by atoms with Gasteiger partial charge in [0.2, 0.25) is 0 Å². The molecular weight excluding hydrogens is 322 g/mol. The molecule has 0 bridgehead atoms. The summed E-state index contributed by atoms with van der Waals surface area (Å²) in [5, 5.41) is 21.9. The van der Waals surface area contributed by atoms with Crippen LogP contribution in [-0.2, 0) is 0 Å². The molecule has 0 heterocycles. The lowest BCUT2D eigenvalue weighted by molar-refractivity contribution is 0.474. The summed E-state index contributed by atoms with van der Waals surface area (Å²) in [6.07, 6.45) is 1.64. The zero-order valence-electron chi connectivity index (χ0n) is 14.0. The van der Waals surface area contributed by atoms with Gasteiger partial charge in [-0.25, -0.2) is 0 Å². The lowest BCUT2D eigenvalue weighted by Crippen LogP contribution is -1.86. The van der Waals surface area contributed by atoms with Crippen LogP contribution in [0.4, 0.5) is 5.69 Å². The van der Waals surface area contributed by atoms with E-state index in [0.29, 0.717) is 11.3 Å². The number of benzene rings is 4. The molecule has 0 aliphatic carbocycles. The largest absolute Gasteiger partial charge is 0.508 e. The van der Waals surface area contributed by atoms with Crippen LogP contribution in [0.1, 0.15) is 5.56 Å². The van der Waals surface area contributed by atoms with E-state index in [1.54, 1.807) is 36.5 Å². The molecule has 0 fully saturated rings. The second kappa shape index (κ2) is 6.73. The van der Waals surface area contributed by atoms with Gasteiger partial charge in [-0.3, -0.25) is 4.99 Å². The van der Waals surface area contributed by atoms with Crippen molar-refractivity contribution in [2.24, 2.45) is 4.99 Å². The number of aliphatic imine (C=N–C) groups is 1. The van der Waals surface area contributed by atoms with E-state index in [1.165, 1.54) is 10.8 Å². The topological polar surface area (TPSA) is 52.8 Å². The molecule has 0 atom stereocenters. The SMILES string of the molecule is Oc1ccc(N=Cc2cc(-c3cccc4ccccc34)ccc2O)cc1. The fraction of sp³-hybridized carbons (Fsp3) is 0. The van der Waals surface area contributed by atoms with Gasteiger partial charge in [-0.15, -0.1) is 0 Å². The van der Waals surface area contributed by atoms with Crippen molar-refractivity contribution in [2.45, 2.75) is 0 Å². The van der Waals surface area contributed by atoms with Gasteiger partial charge in [0.15, 0.2) is 0 Å². The van der Waals surface area contributed by atoms with E-state index in [0.717, 1.165) is 11.1 Å². The number of phenolic OH excluding ortho intramolecular Hbond substituents is 2. The van der Waals surface area contributed by atoms with Crippen molar-refractivity contribution in [3.63, 3.8) is 0 Å². The van der Waals surface area contributed by atoms with Gasteiger partial charge in [0.25, 0.3) is 0 Å². The summed E-state index contributed by atoms with van der Waals surface area (Å²) in [6.45, 7) is 0. The molecule has 4 rings (SSSR count). The molecule has 0 saturated carbocycles. The molecule has 3 nitrogen and oxygen atoms in total. The lowest BCUT2D eigenvalue weighted by atomic mass is 9.97. The number of rotatable bonds is 3. The van der Waals surface area contributed by atoms with Crippen molar-refractivity contribution in [2.75, 3.05) is 0 Å². The molecule has 0 saturated heterocycles. The summed E-state index contributed by atoms with van der Waals surface area (Å²) in [5.74, 6) is 0.376. The Morgan fingerprint density at radius 1 is 0.731 bits per heavy atom. The third kappa shape index (κ3) is 3.15. The molecule has 2 N–H and O–H groups in total. The van der Waals surface area contributed by atoms with Crippen molar-refractivity contribution in [1.29, 1.82) is 0 Å². The maximum atomic E-state index is 10.2. The van der Waals surface area contributed by atoms with Crippen LogP contribution < -0.4 is 0 Å². The van der Waals surface area contributed by atoms with Crippen molar-refractivity contribution in [3.05, 3.63) is 90.5 Å². The molecule has 0 aliphatic rings. The van der Waals surface area contributed by atoms with Crippen LogP contribution >= 0.6 is 0 Å². The predicted octanol–water partition coefficient (Wildman–Crippen LogP) is 5.67. The number of fused-ring (bicyclic) bond motifs is 1. The van der Waals surface area contributed by atoms with Crippen molar-refractivity contribution in [1.82, 2.24) is 0 Å². The van der Waals surface area contributed by atoms with Gasteiger partial charge in [-0.05, 0) is 58.3 Å². The Morgan fingerprint density at radius 3 is 2.35 bits per heavy atom. The van der Waals surface area contributed by atoms with Crippen molar-refractivity contribution >= 4 is 22.7 Å². The first-order valence-electron chi connectivity index (χ1n) is 8.35. The fourth-order valence-corrected chi connectivity index (χ4v) is 2.99. The number of aromatic hydroxyl groups is 2. The average Bonchev–Trinajstić information content (AvgIpc) is 2.68. The highest BCUT2D eigenvalue weighted by Crippen LogP contribution is 2.31. The Kier molecular flexibility index (Phi) is 4.12. The summed E-state index contributed by atoms with van der Waals surface area (Å²) in [5.41, 5.74) is 3.48. The maximum absolute atomic E-state index is 10.2. The molecule has 4 aromatic carbocycles. The standard InChI is InChI=1S/C23H17NO2/c25-20-11-9-19(10-12-20)24-15-18-14-17(8-13-23(18)26)22-7-3-5-16-4-1-2-6-21(16)22/h1-15,25-26H. The van der Waals surface area contributed by atoms with E-state index in [1.807, 2.05) is 30.3 Å². The quantitative estimate of drug-likeness (QED) is 0.473. The molecule has 26 heavy (non-hydrogen) atoms. The van der Waals surface area contributed by atoms with Crippen molar-refractivity contribution < 1.29 is 10.2 Å². The number of hydrogen-bond acceptors (Lipinski definition) is 3. The van der Waals surface area contributed by atoms with Crippen LogP contribution in [0, 0.1) is 0 Å². The van der Waals surface area contributed by atoms with Crippen molar-refractivity contribution in [3.8, 4) is 22.6 Å². The Bertz CT molecular complexity index is 1090. The van der Waals surface area contributed by atoms with Gasteiger partial charge in [0, 0.05) is 11.8 Å². The Balaban J connectivity index is 1.75.